The minimum Gasteiger partial charge on any atom is -0.381 e. The van der Waals surface area contributed by atoms with Crippen molar-refractivity contribution in [2.24, 2.45) is 11.8 Å². The molecule has 3 heterocycles. The van der Waals surface area contributed by atoms with E-state index in [0.717, 1.165) is 54.7 Å². The predicted molar refractivity (Wildman–Crippen MR) is 132 cm³/mol. The first-order valence-corrected chi connectivity index (χ1v) is 13.6. The predicted octanol–water partition coefficient (Wildman–Crippen LogP) is 4.23. The number of nitrogens with one attached hydrogen (secondary N) is 2. The highest BCUT2D eigenvalue weighted by atomic mass is 32.2. The number of rotatable bonds is 4. The third-order valence-electron chi connectivity index (χ3n) is 7.81. The number of aryl methyl sites for hydroxylation is 2. The van der Waals surface area contributed by atoms with Crippen molar-refractivity contribution in [3.63, 3.8) is 0 Å². The molecule has 8 heteroatoms. The summed E-state index contributed by atoms with van der Waals surface area (Å²) in [4.78, 5) is 13.9. The molecule has 2 saturated heterocycles. The van der Waals surface area contributed by atoms with Crippen LogP contribution in [0.1, 0.15) is 49.0 Å². The molecule has 34 heavy (non-hydrogen) atoms. The number of likely N-dealkylation sites (tertiary alicyclic amines) is 1. The fourth-order valence-electron chi connectivity index (χ4n) is 5.72. The first-order chi connectivity index (χ1) is 16.2. The summed E-state index contributed by atoms with van der Waals surface area (Å²) in [6.07, 6.45) is 2.79. The van der Waals surface area contributed by atoms with E-state index in [1.54, 1.807) is 25.1 Å². The molecule has 182 valence electrons. The van der Waals surface area contributed by atoms with E-state index in [1.807, 2.05) is 36.9 Å². The van der Waals surface area contributed by atoms with Crippen LogP contribution in [0.25, 0.3) is 0 Å². The molecule has 0 saturated carbocycles. The number of benzene rings is 2. The molecule has 3 atom stereocenters. The van der Waals surface area contributed by atoms with Crippen molar-refractivity contribution >= 4 is 27.3 Å². The molecule has 3 aliphatic heterocycles. The monoisotopic (exact) mass is 483 g/mol. The summed E-state index contributed by atoms with van der Waals surface area (Å²) in [6, 6.07) is 11.1. The Labute approximate surface area is 201 Å². The SMILES string of the molecule is CC(=O)N1CCC([C@@H]2Nc3ccc(S(=O)(=O)Nc4ccc(C)c(C)c4)cc3C3OCC[C@H]32)CC1. The summed E-state index contributed by atoms with van der Waals surface area (Å²) in [5.74, 6) is 0.908. The van der Waals surface area contributed by atoms with Crippen LogP contribution in [0.3, 0.4) is 0 Å². The number of fused-ring (bicyclic) bond motifs is 3. The first kappa shape index (κ1) is 23.2. The lowest BCUT2D eigenvalue weighted by Gasteiger charge is -2.43. The smallest absolute Gasteiger partial charge is 0.261 e. The summed E-state index contributed by atoms with van der Waals surface area (Å²) in [5, 5.41) is 3.73. The van der Waals surface area contributed by atoms with Crippen molar-refractivity contribution in [3.8, 4) is 0 Å². The highest BCUT2D eigenvalue weighted by Gasteiger charge is 2.44. The normalized spacial score (nSPS) is 24.8. The molecular formula is C26H33N3O4S. The second-order valence-corrected chi connectivity index (χ2v) is 11.6. The quantitative estimate of drug-likeness (QED) is 0.679. The van der Waals surface area contributed by atoms with Gasteiger partial charge in [-0.05, 0) is 80.5 Å². The van der Waals surface area contributed by atoms with Crippen LogP contribution in [-0.2, 0) is 19.6 Å². The fourth-order valence-corrected chi connectivity index (χ4v) is 6.80. The minimum absolute atomic E-state index is 0.108. The lowest BCUT2D eigenvalue weighted by atomic mass is 9.75. The Morgan fingerprint density at radius 3 is 2.53 bits per heavy atom. The van der Waals surface area contributed by atoms with Gasteiger partial charge in [-0.3, -0.25) is 9.52 Å². The maximum absolute atomic E-state index is 13.2. The van der Waals surface area contributed by atoms with Gasteiger partial charge in [0.15, 0.2) is 0 Å². The van der Waals surface area contributed by atoms with E-state index in [9.17, 15) is 13.2 Å². The van der Waals surface area contributed by atoms with Crippen molar-refractivity contribution < 1.29 is 17.9 Å². The number of carbonyl (C=O) groups excluding carboxylic acids is 1. The summed E-state index contributed by atoms with van der Waals surface area (Å²) < 4.78 is 35.2. The Morgan fingerprint density at radius 1 is 1.06 bits per heavy atom. The lowest BCUT2D eigenvalue weighted by molar-refractivity contribution is -0.130. The molecule has 0 bridgehead atoms. The number of sulfonamides is 1. The van der Waals surface area contributed by atoms with Gasteiger partial charge in [-0.1, -0.05) is 6.07 Å². The molecule has 0 aliphatic carbocycles. The zero-order valence-corrected chi connectivity index (χ0v) is 20.8. The maximum Gasteiger partial charge on any atom is 0.261 e. The van der Waals surface area contributed by atoms with Crippen molar-refractivity contribution in [3.05, 3.63) is 53.1 Å². The van der Waals surface area contributed by atoms with Gasteiger partial charge in [-0.25, -0.2) is 8.42 Å². The number of hydrogen-bond acceptors (Lipinski definition) is 5. The molecule has 0 aromatic heterocycles. The molecule has 1 amide bonds. The molecule has 5 rings (SSSR count). The molecule has 2 fully saturated rings. The molecule has 2 aromatic rings. The average Bonchev–Trinajstić information content (AvgIpc) is 3.31. The third-order valence-corrected chi connectivity index (χ3v) is 9.19. The zero-order chi connectivity index (χ0) is 24.0. The Kier molecular flexibility index (Phi) is 6.06. The van der Waals surface area contributed by atoms with E-state index in [4.69, 9.17) is 4.74 Å². The molecule has 0 spiro atoms. The van der Waals surface area contributed by atoms with Gasteiger partial charge in [-0.15, -0.1) is 0 Å². The highest BCUT2D eigenvalue weighted by Crippen LogP contribution is 2.48. The Morgan fingerprint density at radius 2 is 1.82 bits per heavy atom. The number of ether oxygens (including phenoxy) is 1. The molecular weight excluding hydrogens is 450 g/mol. The summed E-state index contributed by atoms with van der Waals surface area (Å²) in [5.41, 5.74) is 4.59. The van der Waals surface area contributed by atoms with Gasteiger partial charge in [0.25, 0.3) is 10.0 Å². The van der Waals surface area contributed by atoms with Crippen LogP contribution in [0, 0.1) is 25.7 Å². The largest absolute Gasteiger partial charge is 0.381 e. The van der Waals surface area contributed by atoms with Gasteiger partial charge >= 0.3 is 0 Å². The molecule has 3 aliphatic rings. The zero-order valence-electron chi connectivity index (χ0n) is 20.0. The number of hydrogen-bond donors (Lipinski definition) is 2. The lowest BCUT2D eigenvalue weighted by Crippen LogP contribution is -2.47. The van der Waals surface area contributed by atoms with E-state index in [0.29, 0.717) is 24.1 Å². The fraction of sp³-hybridized carbons (Fsp3) is 0.500. The van der Waals surface area contributed by atoms with E-state index < -0.39 is 10.0 Å². The molecule has 7 nitrogen and oxygen atoms in total. The highest BCUT2D eigenvalue weighted by molar-refractivity contribution is 7.92. The Hall–Kier alpha value is -2.58. The Balaban J connectivity index is 1.38. The van der Waals surface area contributed by atoms with Crippen molar-refractivity contribution in [2.45, 2.75) is 57.1 Å². The number of anilines is 2. The second kappa shape index (κ2) is 8.89. The van der Waals surface area contributed by atoms with Crippen LogP contribution in [-0.4, -0.2) is 45.0 Å². The van der Waals surface area contributed by atoms with Crippen LogP contribution in [0.15, 0.2) is 41.3 Å². The number of carbonyl (C=O) groups is 1. The summed E-state index contributed by atoms with van der Waals surface area (Å²) in [6.45, 7) is 7.88. The van der Waals surface area contributed by atoms with E-state index >= 15 is 0 Å². The second-order valence-electron chi connectivity index (χ2n) is 9.91. The third kappa shape index (κ3) is 4.29. The topological polar surface area (TPSA) is 87.7 Å². The number of nitrogens with zero attached hydrogens (tertiary/aromatic N) is 1. The van der Waals surface area contributed by atoms with Gasteiger partial charge in [-0.2, -0.15) is 0 Å². The first-order valence-electron chi connectivity index (χ1n) is 12.1. The maximum atomic E-state index is 13.2. The molecule has 1 unspecified atom stereocenters. The van der Waals surface area contributed by atoms with Crippen molar-refractivity contribution in [1.82, 2.24) is 4.90 Å². The van der Waals surface area contributed by atoms with Gasteiger partial charge in [0.2, 0.25) is 5.91 Å². The van der Waals surface area contributed by atoms with Crippen LogP contribution < -0.4 is 10.0 Å². The Bertz CT molecular complexity index is 1200. The molecule has 0 radical (unpaired) electrons. The molecule has 2 N–H and O–H groups in total. The van der Waals surface area contributed by atoms with Gasteiger partial charge in [0.05, 0.1) is 11.0 Å². The van der Waals surface area contributed by atoms with Gasteiger partial charge in [0.1, 0.15) is 0 Å². The average molecular weight is 484 g/mol. The van der Waals surface area contributed by atoms with Crippen LogP contribution in [0.2, 0.25) is 0 Å². The van der Waals surface area contributed by atoms with E-state index in [1.165, 1.54) is 0 Å². The summed E-state index contributed by atoms with van der Waals surface area (Å²) in [7, 11) is -3.72. The van der Waals surface area contributed by atoms with Crippen LogP contribution in [0.4, 0.5) is 11.4 Å². The van der Waals surface area contributed by atoms with Gasteiger partial charge in [0, 0.05) is 55.5 Å². The van der Waals surface area contributed by atoms with Crippen LogP contribution in [0.5, 0.6) is 0 Å². The van der Waals surface area contributed by atoms with Crippen LogP contribution >= 0.6 is 0 Å². The molecule has 2 aromatic carbocycles. The minimum atomic E-state index is -3.72. The van der Waals surface area contributed by atoms with Gasteiger partial charge < -0.3 is 15.0 Å². The summed E-state index contributed by atoms with van der Waals surface area (Å²) >= 11 is 0. The number of amides is 1. The number of piperidine rings is 1. The van der Waals surface area contributed by atoms with E-state index in [2.05, 4.69) is 10.0 Å². The standard InChI is InChI=1S/C26H33N3O4S/c1-16-4-5-20(14-17(16)2)28-34(31,32)21-6-7-24-23(15-21)26-22(10-13-33-26)25(27-24)19-8-11-29(12-9-19)18(3)30/h4-7,14-15,19,22,25-28H,8-13H2,1-3H3/t22-,25-,26?/m0/s1. The van der Waals surface area contributed by atoms with E-state index in [-0.39, 0.29) is 22.9 Å². The van der Waals surface area contributed by atoms with Crippen molar-refractivity contribution in [1.29, 1.82) is 0 Å². The van der Waals surface area contributed by atoms with Crippen molar-refractivity contribution in [2.75, 3.05) is 29.7 Å².